The number of nitrogens with two attached hydrogens (primary N) is 1. The number of nitrogens with one attached hydrogen (secondary N) is 1. The number of nitrogens with zero attached hydrogens (tertiary/aromatic N) is 2. The van der Waals surface area contributed by atoms with E-state index in [1.807, 2.05) is 19.4 Å². The third kappa shape index (κ3) is 4.85. The first kappa shape index (κ1) is 23.9. The molecule has 3 N–H and O–H groups in total. The SMILES string of the molecule is CSC.Cc1cc(N)cc2ncnc(Nc3ccc(F)cc3OC3(C(F)(F)F)CCC3)c12. The number of thioether (sulfide) groups is 1. The number of aryl methyl sites for hydroxylation is 1. The minimum absolute atomic E-state index is 0.165. The largest absolute Gasteiger partial charge is 0.475 e. The predicted octanol–water partition coefficient (Wildman–Crippen LogP) is 6.25. The zero-order valence-electron chi connectivity index (χ0n) is 17.9. The van der Waals surface area contributed by atoms with Gasteiger partial charge in [0.15, 0.2) is 0 Å². The first-order valence-electron chi connectivity index (χ1n) is 9.83. The van der Waals surface area contributed by atoms with Gasteiger partial charge in [0, 0.05) is 17.1 Å². The quantitative estimate of drug-likeness (QED) is 0.349. The topological polar surface area (TPSA) is 73.1 Å². The van der Waals surface area contributed by atoms with E-state index >= 15 is 0 Å². The summed E-state index contributed by atoms with van der Waals surface area (Å²) in [5.74, 6) is -0.556. The molecule has 1 aromatic heterocycles. The van der Waals surface area contributed by atoms with Gasteiger partial charge in [0.2, 0.25) is 5.60 Å². The van der Waals surface area contributed by atoms with Crippen LogP contribution in [0.15, 0.2) is 36.7 Å². The van der Waals surface area contributed by atoms with Gasteiger partial charge in [-0.3, -0.25) is 0 Å². The molecule has 0 aliphatic heterocycles. The molecule has 172 valence electrons. The van der Waals surface area contributed by atoms with Crippen molar-refractivity contribution in [3.8, 4) is 5.75 Å². The van der Waals surface area contributed by atoms with Gasteiger partial charge in [-0.05, 0) is 68.5 Å². The standard InChI is InChI=1S/C20H18F4N4O.C2H6S/c1-11-7-13(25)9-15-17(11)18(27-10-26-15)28-14-4-3-12(21)8-16(14)29-19(5-2-6-19)20(22,23)24;1-3-2/h3-4,7-10H,2,5-6,25H2,1H3,(H,26,27,28);1-2H3. The molecular formula is C22H24F4N4OS. The van der Waals surface area contributed by atoms with Crippen LogP contribution in [0.4, 0.5) is 34.8 Å². The van der Waals surface area contributed by atoms with Gasteiger partial charge in [0.05, 0.1) is 11.2 Å². The van der Waals surface area contributed by atoms with Crippen LogP contribution >= 0.6 is 11.8 Å². The molecule has 0 radical (unpaired) electrons. The summed E-state index contributed by atoms with van der Waals surface area (Å²) in [5.41, 5.74) is 5.63. The van der Waals surface area contributed by atoms with Crippen molar-refractivity contribution >= 4 is 39.9 Å². The van der Waals surface area contributed by atoms with Gasteiger partial charge in [-0.15, -0.1) is 0 Å². The summed E-state index contributed by atoms with van der Waals surface area (Å²) in [5, 5.41) is 3.63. The van der Waals surface area contributed by atoms with Crippen LogP contribution in [0.5, 0.6) is 5.75 Å². The van der Waals surface area contributed by atoms with E-state index in [4.69, 9.17) is 10.5 Å². The Morgan fingerprint density at radius 2 is 1.81 bits per heavy atom. The van der Waals surface area contributed by atoms with Gasteiger partial charge in [-0.1, -0.05) is 0 Å². The molecule has 1 aliphatic carbocycles. The van der Waals surface area contributed by atoms with Crippen molar-refractivity contribution in [2.24, 2.45) is 0 Å². The maximum Gasteiger partial charge on any atom is 0.428 e. The summed E-state index contributed by atoms with van der Waals surface area (Å²) in [6, 6.07) is 6.83. The lowest BCUT2D eigenvalue weighted by molar-refractivity contribution is -0.274. The number of ether oxygens (including phenoxy) is 1. The highest BCUT2D eigenvalue weighted by molar-refractivity contribution is 7.97. The number of rotatable bonds is 4. The molecule has 0 bridgehead atoms. The van der Waals surface area contributed by atoms with Crippen LogP contribution < -0.4 is 15.8 Å². The molecule has 0 unspecified atom stereocenters. The summed E-state index contributed by atoms with van der Waals surface area (Å²) in [6.07, 6.45) is 0.915. The van der Waals surface area contributed by atoms with Gasteiger partial charge in [-0.2, -0.15) is 24.9 Å². The van der Waals surface area contributed by atoms with Crippen LogP contribution in [0.1, 0.15) is 24.8 Å². The Kier molecular flexibility index (Phi) is 7.02. The van der Waals surface area contributed by atoms with Crippen LogP contribution in [0.2, 0.25) is 0 Å². The van der Waals surface area contributed by atoms with Crippen LogP contribution in [0, 0.1) is 12.7 Å². The zero-order chi connectivity index (χ0) is 23.5. The minimum Gasteiger partial charge on any atom is -0.475 e. The fourth-order valence-electron chi connectivity index (χ4n) is 3.48. The van der Waals surface area contributed by atoms with E-state index in [1.165, 1.54) is 12.4 Å². The molecule has 1 saturated carbocycles. The molecule has 0 saturated heterocycles. The third-order valence-electron chi connectivity index (χ3n) is 5.14. The maximum absolute atomic E-state index is 13.8. The molecular weight excluding hydrogens is 444 g/mol. The van der Waals surface area contributed by atoms with Crippen LogP contribution in [0.25, 0.3) is 10.9 Å². The molecule has 2 aromatic carbocycles. The Labute approximate surface area is 187 Å². The molecule has 1 heterocycles. The fraction of sp³-hybridized carbons (Fsp3) is 0.364. The first-order valence-corrected chi connectivity index (χ1v) is 11.5. The highest BCUT2D eigenvalue weighted by Crippen LogP contribution is 2.49. The van der Waals surface area contributed by atoms with Crippen LogP contribution in [-0.2, 0) is 0 Å². The number of aromatic nitrogens is 2. The molecule has 10 heteroatoms. The van der Waals surface area contributed by atoms with Crippen molar-refractivity contribution in [3.63, 3.8) is 0 Å². The van der Waals surface area contributed by atoms with Crippen molar-refractivity contribution < 1.29 is 22.3 Å². The van der Waals surface area contributed by atoms with Crippen LogP contribution in [0.3, 0.4) is 0 Å². The lowest BCUT2D eigenvalue weighted by Gasteiger charge is -2.43. The van der Waals surface area contributed by atoms with E-state index in [0.29, 0.717) is 28.8 Å². The van der Waals surface area contributed by atoms with Crippen molar-refractivity contribution in [1.82, 2.24) is 9.97 Å². The molecule has 32 heavy (non-hydrogen) atoms. The Bertz CT molecular complexity index is 1100. The van der Waals surface area contributed by atoms with E-state index < -0.39 is 17.6 Å². The van der Waals surface area contributed by atoms with Crippen LogP contribution in [-0.4, -0.2) is 34.3 Å². The van der Waals surface area contributed by atoms with Crippen molar-refractivity contribution in [2.45, 2.75) is 38.0 Å². The average molecular weight is 469 g/mol. The highest BCUT2D eigenvalue weighted by Gasteiger charge is 2.61. The number of benzene rings is 2. The number of nitrogen functional groups attached to an aromatic ring is 1. The summed E-state index contributed by atoms with van der Waals surface area (Å²) in [7, 11) is 0. The Balaban J connectivity index is 0.000000913. The third-order valence-corrected chi connectivity index (χ3v) is 5.14. The highest BCUT2D eigenvalue weighted by atomic mass is 32.2. The van der Waals surface area contributed by atoms with E-state index in [2.05, 4.69) is 15.3 Å². The van der Waals surface area contributed by atoms with Gasteiger partial charge in [0.25, 0.3) is 0 Å². The summed E-state index contributed by atoms with van der Waals surface area (Å²) in [6.45, 7) is 1.82. The number of fused-ring (bicyclic) bond motifs is 1. The molecule has 1 aliphatic rings. The molecule has 4 rings (SSSR count). The zero-order valence-corrected chi connectivity index (χ0v) is 18.7. The number of anilines is 3. The van der Waals surface area contributed by atoms with Gasteiger partial charge in [-0.25, -0.2) is 14.4 Å². The number of halogens is 4. The second kappa shape index (κ2) is 9.40. The van der Waals surface area contributed by atoms with E-state index in [-0.39, 0.29) is 24.3 Å². The summed E-state index contributed by atoms with van der Waals surface area (Å²) in [4.78, 5) is 8.39. The molecule has 0 amide bonds. The second-order valence-electron chi connectivity index (χ2n) is 7.58. The van der Waals surface area contributed by atoms with E-state index in [0.717, 1.165) is 17.7 Å². The molecule has 0 atom stereocenters. The number of alkyl halides is 3. The number of hydrogen-bond donors (Lipinski definition) is 2. The fourth-order valence-corrected chi connectivity index (χ4v) is 3.48. The maximum atomic E-state index is 13.8. The van der Waals surface area contributed by atoms with E-state index in [1.54, 1.807) is 23.9 Å². The van der Waals surface area contributed by atoms with Crippen molar-refractivity contribution in [2.75, 3.05) is 23.6 Å². The molecule has 0 spiro atoms. The van der Waals surface area contributed by atoms with Crippen molar-refractivity contribution in [3.05, 3.63) is 48.0 Å². The molecule has 3 aromatic rings. The Morgan fingerprint density at radius 3 is 2.41 bits per heavy atom. The smallest absolute Gasteiger partial charge is 0.428 e. The second-order valence-corrected chi connectivity index (χ2v) is 8.39. The van der Waals surface area contributed by atoms with Gasteiger partial charge < -0.3 is 15.8 Å². The molecule has 1 fully saturated rings. The minimum atomic E-state index is -4.55. The first-order chi connectivity index (χ1) is 15.1. The summed E-state index contributed by atoms with van der Waals surface area (Å²) >= 11 is 1.75. The molecule has 5 nitrogen and oxygen atoms in total. The number of hydrogen-bond acceptors (Lipinski definition) is 6. The summed E-state index contributed by atoms with van der Waals surface area (Å²) < 4.78 is 59.8. The van der Waals surface area contributed by atoms with Gasteiger partial charge in [0.1, 0.15) is 23.7 Å². The Morgan fingerprint density at radius 1 is 1.12 bits per heavy atom. The van der Waals surface area contributed by atoms with E-state index in [9.17, 15) is 17.6 Å². The van der Waals surface area contributed by atoms with Crippen molar-refractivity contribution in [1.29, 1.82) is 0 Å². The van der Waals surface area contributed by atoms with Gasteiger partial charge >= 0.3 is 6.18 Å². The monoisotopic (exact) mass is 468 g/mol. The lowest BCUT2D eigenvalue weighted by Crippen LogP contribution is -2.55. The lowest BCUT2D eigenvalue weighted by atomic mass is 9.79. The Hall–Kier alpha value is -2.75. The normalized spacial score (nSPS) is 14.8. The average Bonchev–Trinajstić information content (AvgIpc) is 2.66. The predicted molar refractivity (Wildman–Crippen MR) is 121 cm³/mol.